The lowest BCUT2D eigenvalue weighted by atomic mass is 10.0. The quantitative estimate of drug-likeness (QED) is 0.771. The Labute approximate surface area is 113 Å². The van der Waals surface area contributed by atoms with Gasteiger partial charge in [0, 0.05) is 13.1 Å². The number of carbonyl (C=O) groups excluding carboxylic acids is 1. The van der Waals surface area contributed by atoms with Crippen molar-refractivity contribution in [2.75, 3.05) is 20.7 Å². The van der Waals surface area contributed by atoms with Crippen LogP contribution in [0.15, 0.2) is 42.5 Å². The molecule has 0 aliphatic rings. The highest BCUT2D eigenvalue weighted by atomic mass is 16.5. The third-order valence-electron chi connectivity index (χ3n) is 3.25. The van der Waals surface area contributed by atoms with Crippen molar-refractivity contribution in [2.24, 2.45) is 0 Å². The summed E-state index contributed by atoms with van der Waals surface area (Å²) < 4.78 is 4.66. The zero-order valence-corrected chi connectivity index (χ0v) is 11.4. The van der Waals surface area contributed by atoms with Crippen LogP contribution in [0.2, 0.25) is 0 Å². The normalized spacial score (nSPS) is 10.9. The fourth-order valence-electron chi connectivity index (χ4n) is 2.18. The van der Waals surface area contributed by atoms with Gasteiger partial charge in [-0.25, -0.2) is 0 Å². The number of ether oxygens (including phenoxy) is 1. The lowest BCUT2D eigenvalue weighted by Gasteiger charge is -2.17. The van der Waals surface area contributed by atoms with Gasteiger partial charge in [-0.15, -0.1) is 0 Å². The van der Waals surface area contributed by atoms with Gasteiger partial charge in [0.2, 0.25) is 0 Å². The minimum atomic E-state index is -0.162. The Morgan fingerprint density at radius 2 is 1.89 bits per heavy atom. The van der Waals surface area contributed by atoms with Crippen LogP contribution in [0.5, 0.6) is 0 Å². The third kappa shape index (κ3) is 3.55. The molecule has 0 fully saturated rings. The average Bonchev–Trinajstić information content (AvgIpc) is 2.45. The van der Waals surface area contributed by atoms with Crippen molar-refractivity contribution < 1.29 is 9.53 Å². The molecule has 0 bridgehead atoms. The summed E-state index contributed by atoms with van der Waals surface area (Å²) in [5, 5.41) is 2.52. The molecular weight excluding hydrogens is 238 g/mol. The second-order valence-electron chi connectivity index (χ2n) is 4.70. The van der Waals surface area contributed by atoms with E-state index in [1.54, 1.807) is 0 Å². The minimum Gasteiger partial charge on any atom is -0.469 e. The van der Waals surface area contributed by atoms with Gasteiger partial charge >= 0.3 is 5.97 Å². The highest BCUT2D eigenvalue weighted by Gasteiger charge is 2.07. The highest BCUT2D eigenvalue weighted by molar-refractivity contribution is 5.85. The number of esters is 1. The topological polar surface area (TPSA) is 29.5 Å². The summed E-state index contributed by atoms with van der Waals surface area (Å²) >= 11 is 0. The summed E-state index contributed by atoms with van der Waals surface area (Å²) in [7, 11) is 3.44. The van der Waals surface area contributed by atoms with E-state index in [0.29, 0.717) is 13.0 Å². The van der Waals surface area contributed by atoms with Gasteiger partial charge in [0.1, 0.15) is 0 Å². The van der Waals surface area contributed by atoms with E-state index in [1.807, 2.05) is 13.1 Å². The standard InChI is InChI=1S/C16H19NO2/c1-17(11-10-16(18)19-2)12-14-8-5-7-13-6-3-4-9-15(13)14/h3-9H,10-12H2,1-2H3. The van der Waals surface area contributed by atoms with E-state index >= 15 is 0 Å². The van der Waals surface area contributed by atoms with Gasteiger partial charge < -0.3 is 9.64 Å². The molecular formula is C16H19NO2. The monoisotopic (exact) mass is 257 g/mol. The number of fused-ring (bicyclic) bond motifs is 1. The van der Waals surface area contributed by atoms with Crippen LogP contribution < -0.4 is 0 Å². The van der Waals surface area contributed by atoms with Crippen molar-refractivity contribution in [2.45, 2.75) is 13.0 Å². The molecule has 0 unspecified atom stereocenters. The first-order valence-electron chi connectivity index (χ1n) is 6.42. The summed E-state index contributed by atoms with van der Waals surface area (Å²) in [6.07, 6.45) is 0.428. The molecule has 0 aliphatic carbocycles. The summed E-state index contributed by atoms with van der Waals surface area (Å²) in [6, 6.07) is 14.7. The Bertz CT molecular complexity index is 560. The molecule has 0 saturated heterocycles. The Kier molecular flexibility index (Phi) is 4.53. The number of carbonyl (C=O) groups is 1. The Morgan fingerprint density at radius 1 is 1.16 bits per heavy atom. The van der Waals surface area contributed by atoms with E-state index in [4.69, 9.17) is 0 Å². The molecule has 2 rings (SSSR count). The van der Waals surface area contributed by atoms with E-state index in [-0.39, 0.29) is 5.97 Å². The number of methoxy groups -OCH3 is 1. The fraction of sp³-hybridized carbons (Fsp3) is 0.312. The minimum absolute atomic E-state index is 0.162. The van der Waals surface area contributed by atoms with E-state index < -0.39 is 0 Å². The number of hydrogen-bond acceptors (Lipinski definition) is 3. The Morgan fingerprint density at radius 3 is 2.68 bits per heavy atom. The predicted octanol–water partition coefficient (Wildman–Crippen LogP) is 2.83. The van der Waals surface area contributed by atoms with Crippen LogP contribution in [0.4, 0.5) is 0 Å². The van der Waals surface area contributed by atoms with E-state index in [1.165, 1.54) is 23.4 Å². The van der Waals surface area contributed by atoms with E-state index in [9.17, 15) is 4.79 Å². The summed E-state index contributed by atoms with van der Waals surface area (Å²) in [5.41, 5.74) is 1.28. The maximum absolute atomic E-state index is 11.1. The van der Waals surface area contributed by atoms with Crippen LogP contribution >= 0.6 is 0 Å². The van der Waals surface area contributed by atoms with Gasteiger partial charge in [0.05, 0.1) is 13.5 Å². The first-order valence-corrected chi connectivity index (χ1v) is 6.42. The molecule has 3 heteroatoms. The molecule has 0 atom stereocenters. The molecule has 0 heterocycles. The SMILES string of the molecule is COC(=O)CCN(C)Cc1cccc2ccccc12. The highest BCUT2D eigenvalue weighted by Crippen LogP contribution is 2.19. The molecule has 2 aromatic carbocycles. The fourth-order valence-corrected chi connectivity index (χ4v) is 2.18. The summed E-state index contributed by atoms with van der Waals surface area (Å²) in [4.78, 5) is 13.3. The molecule has 0 saturated carbocycles. The van der Waals surface area contributed by atoms with Crippen LogP contribution in [-0.2, 0) is 16.1 Å². The Balaban J connectivity index is 2.06. The van der Waals surface area contributed by atoms with Crippen LogP contribution in [0, 0.1) is 0 Å². The maximum Gasteiger partial charge on any atom is 0.306 e. The second-order valence-corrected chi connectivity index (χ2v) is 4.70. The number of rotatable bonds is 5. The van der Waals surface area contributed by atoms with Gasteiger partial charge in [-0.2, -0.15) is 0 Å². The molecule has 100 valence electrons. The zero-order valence-electron chi connectivity index (χ0n) is 11.4. The zero-order chi connectivity index (χ0) is 13.7. The smallest absolute Gasteiger partial charge is 0.306 e. The molecule has 0 aromatic heterocycles. The summed E-state index contributed by atoms with van der Waals surface area (Å²) in [6.45, 7) is 1.54. The van der Waals surface area contributed by atoms with Gasteiger partial charge in [0.25, 0.3) is 0 Å². The van der Waals surface area contributed by atoms with Crippen molar-refractivity contribution in [1.82, 2.24) is 4.90 Å². The largest absolute Gasteiger partial charge is 0.469 e. The third-order valence-corrected chi connectivity index (χ3v) is 3.25. The van der Waals surface area contributed by atoms with Gasteiger partial charge in [-0.05, 0) is 23.4 Å². The molecule has 3 nitrogen and oxygen atoms in total. The lowest BCUT2D eigenvalue weighted by molar-refractivity contribution is -0.140. The number of nitrogens with zero attached hydrogens (tertiary/aromatic N) is 1. The van der Waals surface area contributed by atoms with Crippen molar-refractivity contribution in [3.8, 4) is 0 Å². The van der Waals surface area contributed by atoms with Gasteiger partial charge in [-0.1, -0.05) is 42.5 Å². The number of hydrogen-bond donors (Lipinski definition) is 0. The average molecular weight is 257 g/mol. The van der Waals surface area contributed by atoms with Gasteiger partial charge in [0.15, 0.2) is 0 Å². The van der Waals surface area contributed by atoms with Gasteiger partial charge in [-0.3, -0.25) is 4.79 Å². The molecule has 19 heavy (non-hydrogen) atoms. The van der Waals surface area contributed by atoms with Crippen molar-refractivity contribution in [3.05, 3.63) is 48.0 Å². The molecule has 0 aliphatic heterocycles. The van der Waals surface area contributed by atoms with Crippen LogP contribution in [0.3, 0.4) is 0 Å². The lowest BCUT2D eigenvalue weighted by Crippen LogP contribution is -2.22. The second kappa shape index (κ2) is 6.34. The van der Waals surface area contributed by atoms with E-state index in [2.05, 4.69) is 46.0 Å². The molecule has 0 spiro atoms. The van der Waals surface area contributed by atoms with Crippen molar-refractivity contribution in [3.63, 3.8) is 0 Å². The molecule has 2 aromatic rings. The Hall–Kier alpha value is -1.87. The van der Waals surface area contributed by atoms with Crippen LogP contribution in [0.1, 0.15) is 12.0 Å². The van der Waals surface area contributed by atoms with Crippen LogP contribution in [0.25, 0.3) is 10.8 Å². The van der Waals surface area contributed by atoms with E-state index in [0.717, 1.165) is 6.54 Å². The molecule has 0 amide bonds. The first-order chi connectivity index (χ1) is 9.20. The van der Waals surface area contributed by atoms with Crippen LogP contribution in [-0.4, -0.2) is 31.6 Å². The predicted molar refractivity (Wildman–Crippen MR) is 76.9 cm³/mol. The molecule has 0 radical (unpaired) electrons. The first kappa shape index (κ1) is 13.6. The number of benzene rings is 2. The maximum atomic E-state index is 11.1. The molecule has 0 N–H and O–H groups in total. The van der Waals surface area contributed by atoms with Crippen molar-refractivity contribution in [1.29, 1.82) is 0 Å². The van der Waals surface area contributed by atoms with Crippen molar-refractivity contribution >= 4 is 16.7 Å². The summed E-state index contributed by atoms with van der Waals surface area (Å²) in [5.74, 6) is -0.162.